The van der Waals surface area contributed by atoms with E-state index in [0.29, 0.717) is 5.56 Å². The van der Waals surface area contributed by atoms with Crippen molar-refractivity contribution in [2.24, 2.45) is 5.73 Å². The van der Waals surface area contributed by atoms with Gasteiger partial charge in [0.25, 0.3) is 6.43 Å². The smallest absolute Gasteiger partial charge is 0.266 e. The third-order valence-electron chi connectivity index (χ3n) is 1.90. The minimum atomic E-state index is -2.80. The van der Waals surface area contributed by atoms with E-state index in [9.17, 15) is 13.2 Å². The third-order valence-corrected chi connectivity index (χ3v) is 1.90. The summed E-state index contributed by atoms with van der Waals surface area (Å²) in [6, 6.07) is 2.89. The van der Waals surface area contributed by atoms with Crippen molar-refractivity contribution in [2.75, 3.05) is 0 Å². The Bertz CT molecular complexity index is 341. The minimum absolute atomic E-state index is 0. The van der Waals surface area contributed by atoms with Crippen LogP contribution in [0.2, 0.25) is 0 Å². The van der Waals surface area contributed by atoms with Crippen LogP contribution in [0.1, 0.15) is 23.6 Å². The maximum Gasteiger partial charge on any atom is 0.266 e. The van der Waals surface area contributed by atoms with Crippen molar-refractivity contribution in [3.8, 4) is 0 Å². The summed E-state index contributed by atoms with van der Waals surface area (Å²) in [5.74, 6) is -0.935. The lowest BCUT2D eigenvalue weighted by Gasteiger charge is -2.08. The summed E-state index contributed by atoms with van der Waals surface area (Å²) in [6.07, 6.45) is -1.39. The quantitative estimate of drug-likeness (QED) is 0.802. The maximum absolute atomic E-state index is 13.0. The van der Waals surface area contributed by atoms with Gasteiger partial charge in [-0.15, -0.1) is 19.0 Å². The molecule has 5 heteroatoms. The van der Waals surface area contributed by atoms with Gasteiger partial charge in [0.15, 0.2) is 0 Å². The van der Waals surface area contributed by atoms with Crippen LogP contribution >= 0.6 is 12.4 Å². The molecule has 1 atom stereocenters. The van der Waals surface area contributed by atoms with Gasteiger partial charge in [-0.3, -0.25) is 0 Å². The molecule has 0 bridgehead atoms. The molecule has 0 aliphatic rings. The van der Waals surface area contributed by atoms with Crippen LogP contribution in [0.4, 0.5) is 13.2 Å². The molecule has 0 heterocycles. The van der Waals surface area contributed by atoms with Crippen LogP contribution in [0.25, 0.3) is 0 Å². The van der Waals surface area contributed by atoms with Crippen molar-refractivity contribution in [1.29, 1.82) is 0 Å². The lowest BCUT2D eigenvalue weighted by atomic mass is 10.1. The highest BCUT2D eigenvalue weighted by Crippen LogP contribution is 2.24. The van der Waals surface area contributed by atoms with Crippen LogP contribution in [0.3, 0.4) is 0 Å². The zero-order chi connectivity index (χ0) is 10.7. The van der Waals surface area contributed by atoms with E-state index in [1.807, 2.05) is 0 Å². The Morgan fingerprint density at radius 2 is 1.93 bits per heavy atom. The zero-order valence-electron chi connectivity index (χ0n) is 7.79. The van der Waals surface area contributed by atoms with E-state index in [1.165, 1.54) is 12.1 Å². The summed E-state index contributed by atoms with van der Waals surface area (Å²) < 4.78 is 37.3. The minimum Gasteiger partial charge on any atom is -0.321 e. The summed E-state index contributed by atoms with van der Waals surface area (Å²) in [4.78, 5) is 0. The maximum atomic E-state index is 13.0. The highest BCUT2D eigenvalue weighted by Gasteiger charge is 2.14. The summed E-state index contributed by atoms with van der Waals surface area (Å²) in [7, 11) is 0. The summed E-state index contributed by atoms with van der Waals surface area (Å²) >= 11 is 0. The molecule has 2 N–H and O–H groups in total. The van der Waals surface area contributed by atoms with E-state index in [2.05, 4.69) is 6.58 Å². The number of hydrogen-bond donors (Lipinski definition) is 1. The Hall–Kier alpha value is -1.00. The van der Waals surface area contributed by atoms with Crippen LogP contribution in [0.15, 0.2) is 30.9 Å². The Morgan fingerprint density at radius 1 is 1.33 bits per heavy atom. The topological polar surface area (TPSA) is 26.0 Å². The Balaban J connectivity index is 0.00000196. The largest absolute Gasteiger partial charge is 0.321 e. The summed E-state index contributed by atoms with van der Waals surface area (Å²) in [5, 5.41) is 0. The van der Waals surface area contributed by atoms with Crippen LogP contribution in [0, 0.1) is 5.82 Å². The molecule has 0 aliphatic carbocycles. The van der Waals surface area contributed by atoms with Crippen LogP contribution in [-0.4, -0.2) is 0 Å². The molecule has 0 spiro atoms. The fourth-order valence-electron chi connectivity index (χ4n) is 1.06. The highest BCUT2D eigenvalue weighted by molar-refractivity contribution is 5.85. The monoisotopic (exact) mass is 237 g/mol. The van der Waals surface area contributed by atoms with Gasteiger partial charge in [-0.05, 0) is 11.6 Å². The molecular weight excluding hydrogens is 227 g/mol. The molecule has 0 saturated heterocycles. The molecule has 15 heavy (non-hydrogen) atoms. The first kappa shape index (κ1) is 14.0. The van der Waals surface area contributed by atoms with Crippen LogP contribution < -0.4 is 5.73 Å². The Labute approximate surface area is 92.2 Å². The first-order valence-electron chi connectivity index (χ1n) is 4.02. The summed E-state index contributed by atoms with van der Waals surface area (Å²) in [5.41, 5.74) is 5.34. The summed E-state index contributed by atoms with van der Waals surface area (Å²) in [6.45, 7) is 3.43. The average Bonchev–Trinajstić information content (AvgIpc) is 2.15. The van der Waals surface area contributed by atoms with Gasteiger partial charge in [0, 0.05) is 6.04 Å². The normalized spacial score (nSPS) is 12.1. The zero-order valence-corrected chi connectivity index (χ0v) is 8.61. The van der Waals surface area contributed by atoms with Gasteiger partial charge in [0.05, 0.1) is 5.56 Å². The van der Waals surface area contributed by atoms with Crippen molar-refractivity contribution in [3.63, 3.8) is 0 Å². The molecule has 0 amide bonds. The number of alkyl halides is 2. The SMILES string of the molecule is C=C[C@@H](N)c1ccc(C(F)F)c(F)c1.Cl. The van der Waals surface area contributed by atoms with Gasteiger partial charge in [0.2, 0.25) is 0 Å². The van der Waals surface area contributed by atoms with Gasteiger partial charge in [-0.1, -0.05) is 18.2 Å². The number of rotatable bonds is 3. The molecule has 0 aliphatic heterocycles. The molecule has 0 fully saturated rings. The number of halogens is 4. The fraction of sp³-hybridized carbons (Fsp3) is 0.200. The standard InChI is InChI=1S/C10H10F3N.ClH/c1-2-9(14)6-3-4-7(10(12)13)8(11)5-6;/h2-5,9-10H,1,14H2;1H/t9-;/m1./s1. The predicted octanol–water partition coefficient (Wildman–Crippen LogP) is 3.37. The molecule has 0 aromatic heterocycles. The third kappa shape index (κ3) is 3.25. The lowest BCUT2D eigenvalue weighted by molar-refractivity contribution is 0.146. The molecule has 1 aromatic rings. The lowest BCUT2D eigenvalue weighted by Crippen LogP contribution is -2.07. The van der Waals surface area contributed by atoms with E-state index < -0.39 is 23.8 Å². The van der Waals surface area contributed by atoms with Gasteiger partial charge in [-0.2, -0.15) is 0 Å². The van der Waals surface area contributed by atoms with E-state index in [1.54, 1.807) is 0 Å². The average molecular weight is 238 g/mol. The Kier molecular flexibility index (Phi) is 5.39. The van der Waals surface area contributed by atoms with Crippen molar-refractivity contribution in [2.45, 2.75) is 12.5 Å². The van der Waals surface area contributed by atoms with Crippen molar-refractivity contribution in [1.82, 2.24) is 0 Å². The second-order valence-electron chi connectivity index (χ2n) is 2.84. The van der Waals surface area contributed by atoms with Crippen molar-refractivity contribution in [3.05, 3.63) is 47.8 Å². The Morgan fingerprint density at radius 3 is 2.33 bits per heavy atom. The second kappa shape index (κ2) is 5.78. The van der Waals surface area contributed by atoms with Gasteiger partial charge in [-0.25, -0.2) is 13.2 Å². The fourth-order valence-corrected chi connectivity index (χ4v) is 1.06. The van der Waals surface area contributed by atoms with Gasteiger partial charge in [0.1, 0.15) is 5.82 Å². The van der Waals surface area contributed by atoms with Crippen LogP contribution in [-0.2, 0) is 0 Å². The van der Waals surface area contributed by atoms with E-state index >= 15 is 0 Å². The predicted molar refractivity (Wildman–Crippen MR) is 55.7 cm³/mol. The molecule has 0 unspecified atom stereocenters. The molecule has 0 saturated carbocycles. The molecule has 84 valence electrons. The highest BCUT2D eigenvalue weighted by atomic mass is 35.5. The van der Waals surface area contributed by atoms with Crippen LogP contribution in [0.5, 0.6) is 0 Å². The molecular formula is C10H11ClF3N. The molecule has 1 rings (SSSR count). The van der Waals surface area contributed by atoms with Crippen molar-refractivity contribution >= 4 is 12.4 Å². The molecule has 1 aromatic carbocycles. The molecule has 1 nitrogen and oxygen atoms in total. The van der Waals surface area contributed by atoms with E-state index in [0.717, 1.165) is 12.1 Å². The number of hydrogen-bond acceptors (Lipinski definition) is 1. The van der Waals surface area contributed by atoms with E-state index in [4.69, 9.17) is 5.73 Å². The van der Waals surface area contributed by atoms with E-state index in [-0.39, 0.29) is 12.4 Å². The first-order chi connectivity index (χ1) is 6.56. The molecule has 0 radical (unpaired) electrons. The number of nitrogens with two attached hydrogens (primary N) is 1. The van der Waals surface area contributed by atoms with Gasteiger partial charge < -0.3 is 5.73 Å². The second-order valence-corrected chi connectivity index (χ2v) is 2.84. The first-order valence-corrected chi connectivity index (χ1v) is 4.02. The van der Waals surface area contributed by atoms with Gasteiger partial charge >= 0.3 is 0 Å². The van der Waals surface area contributed by atoms with Crippen molar-refractivity contribution < 1.29 is 13.2 Å². The number of benzene rings is 1.